The maximum Gasteiger partial charge on any atom is 0.221 e. The third-order valence-electron chi connectivity index (χ3n) is 4.82. The maximum absolute atomic E-state index is 14.7. The van der Waals surface area contributed by atoms with Crippen molar-refractivity contribution in [1.82, 2.24) is 4.98 Å². The van der Waals surface area contributed by atoms with E-state index >= 15 is 0 Å². The average molecular weight is 549 g/mol. The lowest BCUT2D eigenvalue weighted by molar-refractivity contribution is -0.117. The summed E-state index contributed by atoms with van der Waals surface area (Å²) in [6.07, 6.45) is 0.000863. The van der Waals surface area contributed by atoms with Gasteiger partial charge in [0.25, 0.3) is 0 Å². The molecule has 0 spiro atoms. The summed E-state index contributed by atoms with van der Waals surface area (Å²) in [6, 6.07) is 12.7. The number of benzene rings is 3. The molecule has 0 bridgehead atoms. The van der Waals surface area contributed by atoms with E-state index < -0.39 is 28.8 Å². The first kappa shape index (κ1) is 21.9. The number of fused-ring (bicyclic) bond motifs is 1. The van der Waals surface area contributed by atoms with Crippen LogP contribution in [0.3, 0.4) is 0 Å². The number of carbonyl (C=O) groups excluding carboxylic acids is 1. The number of anilines is 2. The molecule has 4 aromatic rings. The highest BCUT2D eigenvalue weighted by molar-refractivity contribution is 14.1. The van der Waals surface area contributed by atoms with Crippen LogP contribution in [0.4, 0.5) is 24.5 Å². The van der Waals surface area contributed by atoms with E-state index in [4.69, 9.17) is 5.73 Å². The summed E-state index contributed by atoms with van der Waals surface area (Å²) in [7, 11) is 0. The Kier molecular flexibility index (Phi) is 5.92. The van der Waals surface area contributed by atoms with Crippen molar-refractivity contribution >= 4 is 50.8 Å². The van der Waals surface area contributed by atoms with E-state index in [9.17, 15) is 22.8 Å². The van der Waals surface area contributed by atoms with Crippen molar-refractivity contribution in [3.63, 3.8) is 0 Å². The summed E-state index contributed by atoms with van der Waals surface area (Å²) in [4.78, 5) is 26.9. The normalized spacial score (nSPS) is 11.0. The van der Waals surface area contributed by atoms with Gasteiger partial charge in [-0.05, 0) is 58.0 Å². The molecule has 162 valence electrons. The van der Waals surface area contributed by atoms with Gasteiger partial charge in [-0.1, -0.05) is 18.2 Å². The SMILES string of the molecule is NC(=O)Cc1cccc(-c2cc(=O)c3c(Nc4ccc(I)cc4F)c(F)cc(F)c3[nH]2)c1. The van der Waals surface area contributed by atoms with Crippen LogP contribution in [-0.2, 0) is 11.2 Å². The molecule has 4 rings (SSSR count). The fourth-order valence-corrected chi connectivity index (χ4v) is 3.87. The number of amides is 1. The lowest BCUT2D eigenvalue weighted by Gasteiger charge is -2.14. The van der Waals surface area contributed by atoms with Crippen LogP contribution in [0.25, 0.3) is 22.2 Å². The molecule has 0 fully saturated rings. The Morgan fingerprint density at radius 3 is 2.50 bits per heavy atom. The number of nitrogens with one attached hydrogen (secondary N) is 2. The zero-order chi connectivity index (χ0) is 23.0. The monoisotopic (exact) mass is 549 g/mol. The molecule has 0 saturated heterocycles. The van der Waals surface area contributed by atoms with Gasteiger partial charge in [0.05, 0.1) is 28.7 Å². The van der Waals surface area contributed by atoms with Gasteiger partial charge in [0.1, 0.15) is 17.5 Å². The van der Waals surface area contributed by atoms with E-state index in [-0.39, 0.29) is 34.4 Å². The van der Waals surface area contributed by atoms with Gasteiger partial charge in [-0.15, -0.1) is 0 Å². The average Bonchev–Trinajstić information content (AvgIpc) is 2.72. The molecule has 1 heterocycles. The number of nitrogens with two attached hydrogens (primary N) is 1. The van der Waals surface area contributed by atoms with Crippen LogP contribution in [-0.4, -0.2) is 10.9 Å². The molecule has 0 aliphatic carbocycles. The van der Waals surface area contributed by atoms with Gasteiger partial charge >= 0.3 is 0 Å². The van der Waals surface area contributed by atoms with Crippen LogP contribution in [0.1, 0.15) is 5.56 Å². The Hall–Kier alpha value is -3.34. The number of hydrogen-bond donors (Lipinski definition) is 3. The molecule has 9 heteroatoms. The largest absolute Gasteiger partial charge is 0.369 e. The molecule has 0 saturated carbocycles. The Morgan fingerprint density at radius 2 is 1.78 bits per heavy atom. The third-order valence-corrected chi connectivity index (χ3v) is 5.49. The fraction of sp³-hybridized carbons (Fsp3) is 0.0435. The van der Waals surface area contributed by atoms with Gasteiger partial charge in [-0.25, -0.2) is 13.2 Å². The molecule has 0 aliphatic rings. The zero-order valence-corrected chi connectivity index (χ0v) is 18.5. The van der Waals surface area contributed by atoms with E-state index in [1.807, 2.05) is 22.6 Å². The topological polar surface area (TPSA) is 88.0 Å². The minimum Gasteiger partial charge on any atom is -0.369 e. The molecule has 0 radical (unpaired) electrons. The predicted octanol–water partition coefficient (Wildman–Crippen LogP) is 4.99. The van der Waals surface area contributed by atoms with Crippen LogP contribution in [0.5, 0.6) is 0 Å². The summed E-state index contributed by atoms with van der Waals surface area (Å²) in [5, 5.41) is 2.30. The molecule has 0 aliphatic heterocycles. The highest BCUT2D eigenvalue weighted by Gasteiger charge is 2.18. The van der Waals surface area contributed by atoms with E-state index in [1.165, 1.54) is 18.2 Å². The Balaban J connectivity index is 1.87. The van der Waals surface area contributed by atoms with E-state index in [1.54, 1.807) is 30.3 Å². The first-order valence-corrected chi connectivity index (χ1v) is 10.5. The van der Waals surface area contributed by atoms with Crippen LogP contribution < -0.4 is 16.5 Å². The number of aromatic nitrogens is 1. The first-order chi connectivity index (χ1) is 15.2. The number of hydrogen-bond acceptors (Lipinski definition) is 3. The van der Waals surface area contributed by atoms with Crippen molar-refractivity contribution in [3.8, 4) is 11.3 Å². The summed E-state index contributed by atoms with van der Waals surface area (Å²) >= 11 is 1.93. The van der Waals surface area contributed by atoms with Crippen LogP contribution in [0.2, 0.25) is 0 Å². The molecule has 0 atom stereocenters. The third kappa shape index (κ3) is 4.33. The van der Waals surface area contributed by atoms with Gasteiger partial charge in [0, 0.05) is 21.4 Å². The number of primary amides is 1. The van der Waals surface area contributed by atoms with Gasteiger partial charge in [-0.2, -0.15) is 0 Å². The van der Waals surface area contributed by atoms with E-state index in [0.29, 0.717) is 20.8 Å². The van der Waals surface area contributed by atoms with Crippen molar-refractivity contribution in [2.45, 2.75) is 6.42 Å². The van der Waals surface area contributed by atoms with E-state index in [2.05, 4.69) is 10.3 Å². The fourth-order valence-electron chi connectivity index (χ4n) is 3.42. The second-order valence-corrected chi connectivity index (χ2v) is 8.35. The first-order valence-electron chi connectivity index (χ1n) is 9.37. The number of carbonyl (C=O) groups is 1. The minimum atomic E-state index is -1.03. The Morgan fingerprint density at radius 1 is 1.00 bits per heavy atom. The quantitative estimate of drug-likeness (QED) is 0.307. The molecular weight excluding hydrogens is 534 g/mol. The maximum atomic E-state index is 14.7. The van der Waals surface area contributed by atoms with Gasteiger partial charge in [0.2, 0.25) is 5.91 Å². The summed E-state index contributed by atoms with van der Waals surface area (Å²) in [6.45, 7) is 0. The molecular formula is C23H15F3IN3O2. The second-order valence-electron chi connectivity index (χ2n) is 7.11. The lowest BCUT2D eigenvalue weighted by atomic mass is 10.0. The summed E-state index contributed by atoms with van der Waals surface area (Å²) in [5.41, 5.74) is 5.34. The molecule has 32 heavy (non-hydrogen) atoms. The Bertz CT molecular complexity index is 1440. The van der Waals surface area contributed by atoms with Crippen molar-refractivity contribution in [3.05, 3.63) is 91.4 Å². The zero-order valence-electron chi connectivity index (χ0n) is 16.3. The molecule has 1 aromatic heterocycles. The van der Waals surface area contributed by atoms with Gasteiger partial charge < -0.3 is 16.0 Å². The molecule has 0 unspecified atom stereocenters. The van der Waals surface area contributed by atoms with Crippen molar-refractivity contribution in [2.24, 2.45) is 5.73 Å². The lowest BCUT2D eigenvalue weighted by Crippen LogP contribution is -2.13. The highest BCUT2D eigenvalue weighted by atomic mass is 127. The smallest absolute Gasteiger partial charge is 0.221 e. The number of halogens is 4. The molecule has 5 nitrogen and oxygen atoms in total. The predicted molar refractivity (Wildman–Crippen MR) is 125 cm³/mol. The molecule has 4 N–H and O–H groups in total. The van der Waals surface area contributed by atoms with Crippen LogP contribution in [0.15, 0.2) is 59.4 Å². The van der Waals surface area contributed by atoms with Gasteiger partial charge in [0.15, 0.2) is 5.43 Å². The second kappa shape index (κ2) is 8.65. The summed E-state index contributed by atoms with van der Waals surface area (Å²) in [5.74, 6) is -3.17. The van der Waals surface area contributed by atoms with Crippen molar-refractivity contribution in [1.29, 1.82) is 0 Å². The van der Waals surface area contributed by atoms with Crippen LogP contribution >= 0.6 is 22.6 Å². The number of rotatable bonds is 5. The number of H-pyrrole nitrogens is 1. The minimum absolute atomic E-state index is 0.000863. The van der Waals surface area contributed by atoms with E-state index in [0.717, 1.165) is 0 Å². The molecule has 1 amide bonds. The van der Waals surface area contributed by atoms with Crippen molar-refractivity contribution < 1.29 is 18.0 Å². The summed E-state index contributed by atoms with van der Waals surface area (Å²) < 4.78 is 44.2. The Labute approximate surface area is 193 Å². The van der Waals surface area contributed by atoms with Gasteiger partial charge in [-0.3, -0.25) is 9.59 Å². The van der Waals surface area contributed by atoms with Crippen LogP contribution in [0, 0.1) is 21.0 Å². The number of aromatic amines is 1. The number of pyridine rings is 1. The van der Waals surface area contributed by atoms with Crippen molar-refractivity contribution in [2.75, 3.05) is 5.32 Å². The standard InChI is InChI=1S/C23H15F3IN3O2/c24-14-8-13(27)4-5-17(14)29-22-15(25)9-16(26)23-21(22)19(31)10-18(30-23)12-3-1-2-11(6-12)7-20(28)32/h1-6,8-10,29H,7H2,(H2,28,32)(H,30,31). The highest BCUT2D eigenvalue weighted by Crippen LogP contribution is 2.31. The molecule has 3 aromatic carbocycles.